The molecule has 0 saturated heterocycles. The average Bonchev–Trinajstić information content (AvgIpc) is 2.36. The number of rotatable bonds is 8. The minimum atomic E-state index is -0.508. The monoisotopic (exact) mass is 396 g/mol. The summed E-state index contributed by atoms with van der Waals surface area (Å²) in [6, 6.07) is 2.41. The zero-order chi connectivity index (χ0) is 15.1. The third kappa shape index (κ3) is 5.58. The van der Waals surface area contributed by atoms with Crippen LogP contribution in [-0.2, 0) is 4.74 Å². The van der Waals surface area contributed by atoms with Crippen LogP contribution in [0.25, 0.3) is 0 Å². The Morgan fingerprint density at radius 1 is 1.45 bits per heavy atom. The number of nitrogens with one attached hydrogen (secondary N) is 1. The first-order chi connectivity index (χ1) is 9.41. The van der Waals surface area contributed by atoms with Gasteiger partial charge in [0.2, 0.25) is 0 Å². The zero-order valence-corrected chi connectivity index (χ0v) is 13.6. The lowest BCUT2D eigenvalue weighted by atomic mass is 10.2. The molecule has 0 aliphatic heterocycles. The molecule has 0 bridgehead atoms. The van der Waals surface area contributed by atoms with E-state index in [2.05, 4.69) is 5.32 Å². The zero-order valence-electron chi connectivity index (χ0n) is 11.5. The lowest BCUT2D eigenvalue weighted by Gasteiger charge is -2.09. The minimum absolute atomic E-state index is 0.103. The molecule has 0 heterocycles. The van der Waals surface area contributed by atoms with Gasteiger partial charge in [0.25, 0.3) is 5.69 Å². The molecule has 0 amide bonds. The van der Waals surface area contributed by atoms with Crippen LogP contribution in [0.2, 0.25) is 0 Å². The van der Waals surface area contributed by atoms with Crippen molar-refractivity contribution in [2.24, 2.45) is 0 Å². The molecular weight excluding hydrogens is 378 g/mol. The molecule has 0 aliphatic rings. The summed E-state index contributed by atoms with van der Waals surface area (Å²) in [4.78, 5) is 10.4. The highest BCUT2D eigenvalue weighted by Gasteiger charge is 2.16. The second-order valence-electron chi connectivity index (χ2n) is 4.59. The topological polar surface area (TPSA) is 64.4 Å². The molecule has 0 unspecified atom stereocenters. The van der Waals surface area contributed by atoms with Crippen molar-refractivity contribution in [3.63, 3.8) is 0 Å². The molecule has 0 radical (unpaired) electrons. The fourth-order valence-corrected chi connectivity index (χ4v) is 2.05. The molecule has 1 N–H and O–H groups in total. The molecule has 0 fully saturated rings. The van der Waals surface area contributed by atoms with Crippen LogP contribution in [0.4, 0.5) is 15.8 Å². The molecule has 1 aromatic rings. The number of nitro groups is 1. The van der Waals surface area contributed by atoms with Gasteiger partial charge in [0.1, 0.15) is 11.5 Å². The van der Waals surface area contributed by atoms with Crippen LogP contribution < -0.4 is 5.32 Å². The van der Waals surface area contributed by atoms with Crippen LogP contribution in [-0.4, -0.2) is 24.2 Å². The Hall–Kier alpha value is -0.960. The number of anilines is 1. The van der Waals surface area contributed by atoms with Gasteiger partial charge in [0.05, 0.1) is 14.6 Å². The van der Waals surface area contributed by atoms with E-state index in [4.69, 9.17) is 4.74 Å². The highest BCUT2D eigenvalue weighted by atomic mass is 127. The third-order valence-electron chi connectivity index (χ3n) is 2.57. The Labute approximate surface area is 131 Å². The summed E-state index contributed by atoms with van der Waals surface area (Å²) in [6.07, 6.45) is 1.86. The number of hydrogen-bond acceptors (Lipinski definition) is 4. The molecule has 7 heteroatoms. The summed E-state index contributed by atoms with van der Waals surface area (Å²) in [5, 5.41) is 13.8. The molecule has 1 rings (SSSR count). The number of benzene rings is 1. The smallest absolute Gasteiger partial charge is 0.293 e. The van der Waals surface area contributed by atoms with Crippen LogP contribution in [0.5, 0.6) is 0 Å². The fraction of sp³-hybridized carbons (Fsp3) is 0.538. The maximum absolute atomic E-state index is 13.5. The van der Waals surface area contributed by atoms with E-state index in [1.807, 2.05) is 13.8 Å². The van der Waals surface area contributed by atoms with Crippen molar-refractivity contribution in [2.45, 2.75) is 32.8 Å². The Bertz CT molecular complexity index is 469. The number of halogens is 2. The van der Waals surface area contributed by atoms with Gasteiger partial charge in [-0.3, -0.25) is 10.1 Å². The van der Waals surface area contributed by atoms with Crippen LogP contribution in [0.15, 0.2) is 12.1 Å². The highest BCUT2D eigenvalue weighted by Crippen LogP contribution is 2.28. The first-order valence-corrected chi connectivity index (χ1v) is 7.48. The predicted molar refractivity (Wildman–Crippen MR) is 84.6 cm³/mol. The van der Waals surface area contributed by atoms with Crippen LogP contribution in [0.1, 0.15) is 26.7 Å². The van der Waals surface area contributed by atoms with Gasteiger partial charge in [0, 0.05) is 25.3 Å². The molecule has 0 aliphatic carbocycles. The SMILES string of the molecule is CC(C)OCCCCNc1cc(F)c(I)cc1[N+](=O)[O-]. The van der Waals surface area contributed by atoms with Crippen LogP contribution in [0.3, 0.4) is 0 Å². The first kappa shape index (κ1) is 17.1. The molecule has 20 heavy (non-hydrogen) atoms. The summed E-state index contributed by atoms with van der Waals surface area (Å²) in [5.74, 6) is -0.457. The molecular formula is C13H18FIN2O3. The first-order valence-electron chi connectivity index (χ1n) is 6.40. The van der Waals surface area contributed by atoms with E-state index >= 15 is 0 Å². The van der Waals surface area contributed by atoms with Gasteiger partial charge in [-0.05, 0) is 49.3 Å². The number of nitrogens with zero attached hydrogens (tertiary/aromatic N) is 1. The molecule has 0 aromatic heterocycles. The second-order valence-corrected chi connectivity index (χ2v) is 5.76. The molecule has 5 nitrogen and oxygen atoms in total. The minimum Gasteiger partial charge on any atom is -0.379 e. The Morgan fingerprint density at radius 2 is 2.15 bits per heavy atom. The summed E-state index contributed by atoms with van der Waals surface area (Å²) >= 11 is 1.74. The third-order valence-corrected chi connectivity index (χ3v) is 3.40. The van der Waals surface area contributed by atoms with E-state index in [9.17, 15) is 14.5 Å². The Balaban J connectivity index is 2.51. The summed E-state index contributed by atoms with van der Waals surface area (Å²) in [6.45, 7) is 5.14. The van der Waals surface area contributed by atoms with Gasteiger partial charge in [-0.25, -0.2) is 4.39 Å². The van der Waals surface area contributed by atoms with Crippen molar-refractivity contribution >= 4 is 34.0 Å². The number of nitro benzene ring substituents is 1. The number of hydrogen-bond donors (Lipinski definition) is 1. The number of unbranched alkanes of at least 4 members (excludes halogenated alkanes) is 1. The van der Waals surface area contributed by atoms with Crippen molar-refractivity contribution in [3.05, 3.63) is 31.6 Å². The van der Waals surface area contributed by atoms with E-state index in [1.165, 1.54) is 12.1 Å². The van der Waals surface area contributed by atoms with Crippen molar-refractivity contribution in [1.82, 2.24) is 0 Å². The fourth-order valence-electron chi connectivity index (χ4n) is 1.60. The summed E-state index contributed by atoms with van der Waals surface area (Å²) < 4.78 is 19.1. The van der Waals surface area contributed by atoms with Gasteiger partial charge < -0.3 is 10.1 Å². The second kappa shape index (κ2) is 8.35. The van der Waals surface area contributed by atoms with Crippen molar-refractivity contribution in [2.75, 3.05) is 18.5 Å². The lowest BCUT2D eigenvalue weighted by molar-refractivity contribution is -0.384. The maximum atomic E-state index is 13.5. The van der Waals surface area contributed by atoms with Crippen molar-refractivity contribution < 1.29 is 14.1 Å². The van der Waals surface area contributed by atoms with E-state index < -0.39 is 10.7 Å². The largest absolute Gasteiger partial charge is 0.379 e. The predicted octanol–water partition coefficient (Wildman–Crippen LogP) is 3.96. The maximum Gasteiger partial charge on any atom is 0.293 e. The van der Waals surface area contributed by atoms with Crippen molar-refractivity contribution in [3.8, 4) is 0 Å². The average molecular weight is 396 g/mol. The van der Waals surface area contributed by atoms with Gasteiger partial charge in [-0.15, -0.1) is 0 Å². The van der Waals surface area contributed by atoms with E-state index in [-0.39, 0.29) is 21.0 Å². The number of ether oxygens (including phenoxy) is 1. The molecule has 0 atom stereocenters. The lowest BCUT2D eigenvalue weighted by Crippen LogP contribution is -2.08. The standard InChI is InChI=1S/C13H18FIN2O3/c1-9(2)20-6-4-3-5-16-12-7-10(14)11(15)8-13(12)17(18)19/h7-9,16H,3-6H2,1-2H3. The van der Waals surface area contributed by atoms with Crippen molar-refractivity contribution in [1.29, 1.82) is 0 Å². The molecule has 1 aromatic carbocycles. The van der Waals surface area contributed by atoms with Crippen LogP contribution in [0, 0.1) is 19.5 Å². The normalized spacial score (nSPS) is 10.8. The highest BCUT2D eigenvalue weighted by molar-refractivity contribution is 14.1. The molecule has 112 valence electrons. The van der Waals surface area contributed by atoms with Crippen LogP contribution >= 0.6 is 22.6 Å². The molecule has 0 saturated carbocycles. The van der Waals surface area contributed by atoms with Gasteiger partial charge >= 0.3 is 0 Å². The van der Waals surface area contributed by atoms with E-state index in [1.54, 1.807) is 22.6 Å². The van der Waals surface area contributed by atoms with Gasteiger partial charge in [-0.2, -0.15) is 0 Å². The quantitative estimate of drug-likeness (QED) is 0.313. The Morgan fingerprint density at radius 3 is 2.75 bits per heavy atom. The Kier molecular flexibility index (Phi) is 7.14. The van der Waals surface area contributed by atoms with E-state index in [0.29, 0.717) is 13.2 Å². The van der Waals surface area contributed by atoms with Gasteiger partial charge in [-0.1, -0.05) is 0 Å². The van der Waals surface area contributed by atoms with Gasteiger partial charge in [0.15, 0.2) is 0 Å². The summed E-state index contributed by atoms with van der Waals surface area (Å²) in [5.41, 5.74) is 0.118. The summed E-state index contributed by atoms with van der Waals surface area (Å²) in [7, 11) is 0. The molecule has 0 spiro atoms. The van der Waals surface area contributed by atoms with E-state index in [0.717, 1.165) is 12.8 Å².